The zero-order valence-corrected chi connectivity index (χ0v) is 11.8. The molecule has 0 saturated carbocycles. The van der Waals surface area contributed by atoms with E-state index in [0.29, 0.717) is 24.3 Å². The molecule has 1 aromatic carbocycles. The summed E-state index contributed by atoms with van der Waals surface area (Å²) in [6, 6.07) is 5.06. The lowest BCUT2D eigenvalue weighted by atomic mass is 10.1. The molecule has 0 spiro atoms. The highest BCUT2D eigenvalue weighted by Gasteiger charge is 2.11. The Balaban J connectivity index is 2.56. The molecular weight excluding hydrogens is 260 g/mol. The van der Waals surface area contributed by atoms with Crippen LogP contribution in [0.2, 0.25) is 0 Å². The first kappa shape index (κ1) is 16.3. The molecule has 0 heterocycles. The van der Waals surface area contributed by atoms with E-state index in [9.17, 15) is 9.90 Å². The van der Waals surface area contributed by atoms with E-state index in [1.54, 1.807) is 18.2 Å². The number of hydrogen-bond donors (Lipinski definition) is 2. The summed E-state index contributed by atoms with van der Waals surface area (Å²) in [6.45, 7) is 0.713. The zero-order valence-electron chi connectivity index (χ0n) is 11.8. The molecule has 0 unspecified atom stereocenters. The van der Waals surface area contributed by atoms with Crippen LogP contribution in [-0.4, -0.2) is 36.5 Å². The maximum Gasteiger partial charge on any atom is 0.305 e. The molecule has 2 N–H and O–H groups in total. The third-order valence-corrected chi connectivity index (χ3v) is 2.98. The Morgan fingerprint density at radius 1 is 1.25 bits per heavy atom. The van der Waals surface area contributed by atoms with Crippen LogP contribution in [-0.2, 0) is 16.0 Å². The Bertz CT molecular complexity index is 417. The largest absolute Gasteiger partial charge is 0.508 e. The second-order valence-electron chi connectivity index (χ2n) is 4.46. The predicted octanol–water partition coefficient (Wildman–Crippen LogP) is 2.04. The van der Waals surface area contributed by atoms with Crippen molar-refractivity contribution in [3.63, 3.8) is 0 Å². The topological polar surface area (TPSA) is 76.0 Å². The number of aromatic hydroxyl groups is 1. The minimum absolute atomic E-state index is 0.127. The average molecular weight is 282 g/mol. The molecule has 20 heavy (non-hydrogen) atoms. The average Bonchev–Trinajstić information content (AvgIpc) is 2.45. The molecule has 0 bridgehead atoms. The van der Waals surface area contributed by atoms with Gasteiger partial charge in [0.2, 0.25) is 0 Å². The van der Waals surface area contributed by atoms with E-state index in [2.05, 4.69) is 4.74 Å². The van der Waals surface area contributed by atoms with Crippen LogP contribution >= 0.6 is 0 Å². The Morgan fingerprint density at radius 2 is 2.05 bits per heavy atom. The summed E-state index contributed by atoms with van der Waals surface area (Å²) in [4.78, 5) is 11.2. The van der Waals surface area contributed by atoms with Crippen LogP contribution < -0.4 is 4.74 Å². The second kappa shape index (κ2) is 9.20. The van der Waals surface area contributed by atoms with E-state index < -0.39 is 0 Å². The van der Waals surface area contributed by atoms with Gasteiger partial charge in [0, 0.05) is 18.6 Å². The van der Waals surface area contributed by atoms with Gasteiger partial charge < -0.3 is 19.7 Å². The molecule has 112 valence electrons. The van der Waals surface area contributed by atoms with Crippen molar-refractivity contribution in [2.45, 2.75) is 32.1 Å². The van der Waals surface area contributed by atoms with Crippen LogP contribution in [0.1, 0.15) is 31.2 Å². The van der Waals surface area contributed by atoms with Gasteiger partial charge in [-0.05, 0) is 37.8 Å². The van der Waals surface area contributed by atoms with E-state index in [0.717, 1.165) is 19.3 Å². The molecule has 0 saturated heterocycles. The standard InChI is InChI=1S/C15H22O5/c1-19-15(18)9-8-12-13(17)6-5-7-14(12)20-11-4-2-3-10-16/h5-7,16-17H,2-4,8-11H2,1H3. The smallest absolute Gasteiger partial charge is 0.305 e. The summed E-state index contributed by atoms with van der Waals surface area (Å²) in [5.41, 5.74) is 0.625. The second-order valence-corrected chi connectivity index (χ2v) is 4.46. The van der Waals surface area contributed by atoms with Gasteiger partial charge >= 0.3 is 5.97 Å². The molecule has 5 heteroatoms. The minimum atomic E-state index is -0.317. The number of carbonyl (C=O) groups excluding carboxylic acids is 1. The minimum Gasteiger partial charge on any atom is -0.508 e. The molecule has 0 aliphatic rings. The highest BCUT2D eigenvalue weighted by atomic mass is 16.5. The van der Waals surface area contributed by atoms with Crippen LogP contribution in [0, 0.1) is 0 Å². The first-order valence-corrected chi connectivity index (χ1v) is 6.80. The summed E-state index contributed by atoms with van der Waals surface area (Å²) in [7, 11) is 1.34. The SMILES string of the molecule is COC(=O)CCc1c(O)cccc1OCCCCCO. The predicted molar refractivity (Wildman–Crippen MR) is 74.9 cm³/mol. The van der Waals surface area contributed by atoms with E-state index in [1.807, 2.05) is 0 Å². The Hall–Kier alpha value is -1.75. The molecule has 1 aromatic rings. The van der Waals surface area contributed by atoms with Crippen LogP contribution in [0.3, 0.4) is 0 Å². The van der Waals surface area contributed by atoms with Gasteiger partial charge in [0.15, 0.2) is 0 Å². The number of phenolic OH excluding ortho intramolecular Hbond substituents is 1. The number of aliphatic hydroxyl groups excluding tert-OH is 1. The highest BCUT2D eigenvalue weighted by Crippen LogP contribution is 2.29. The van der Waals surface area contributed by atoms with Gasteiger partial charge in [-0.2, -0.15) is 0 Å². The number of carbonyl (C=O) groups is 1. The summed E-state index contributed by atoms with van der Waals surface area (Å²) in [5, 5.41) is 18.5. The van der Waals surface area contributed by atoms with Gasteiger partial charge in [-0.25, -0.2) is 0 Å². The van der Waals surface area contributed by atoms with E-state index in [1.165, 1.54) is 7.11 Å². The number of aliphatic hydroxyl groups is 1. The fraction of sp³-hybridized carbons (Fsp3) is 0.533. The van der Waals surface area contributed by atoms with E-state index in [4.69, 9.17) is 9.84 Å². The number of methoxy groups -OCH3 is 1. The van der Waals surface area contributed by atoms with Gasteiger partial charge in [-0.3, -0.25) is 4.79 Å². The Morgan fingerprint density at radius 3 is 2.75 bits per heavy atom. The zero-order chi connectivity index (χ0) is 14.8. The fourth-order valence-electron chi connectivity index (χ4n) is 1.84. The quantitative estimate of drug-likeness (QED) is 0.535. The van der Waals surface area contributed by atoms with Crippen molar-refractivity contribution in [1.29, 1.82) is 0 Å². The van der Waals surface area contributed by atoms with Crippen LogP contribution in [0.5, 0.6) is 11.5 Å². The van der Waals surface area contributed by atoms with E-state index >= 15 is 0 Å². The lowest BCUT2D eigenvalue weighted by Crippen LogP contribution is -2.05. The number of hydrogen-bond acceptors (Lipinski definition) is 5. The Labute approximate surface area is 119 Å². The number of phenols is 1. The maximum absolute atomic E-state index is 11.2. The number of benzene rings is 1. The molecule has 0 aliphatic carbocycles. The fourth-order valence-corrected chi connectivity index (χ4v) is 1.84. The van der Waals surface area contributed by atoms with Crippen molar-refractivity contribution in [2.24, 2.45) is 0 Å². The summed E-state index contributed by atoms with van der Waals surface area (Å²) < 4.78 is 10.2. The normalized spacial score (nSPS) is 10.3. The first-order chi connectivity index (χ1) is 9.69. The Kier molecular flexibility index (Phi) is 7.50. The van der Waals surface area contributed by atoms with Crippen molar-refractivity contribution in [3.8, 4) is 11.5 Å². The maximum atomic E-state index is 11.2. The monoisotopic (exact) mass is 282 g/mol. The molecule has 0 aliphatic heterocycles. The van der Waals surface area contributed by atoms with Crippen molar-refractivity contribution in [2.75, 3.05) is 20.3 Å². The third-order valence-electron chi connectivity index (χ3n) is 2.98. The van der Waals surface area contributed by atoms with Crippen LogP contribution in [0.25, 0.3) is 0 Å². The highest BCUT2D eigenvalue weighted by molar-refractivity contribution is 5.69. The van der Waals surface area contributed by atoms with Gasteiger partial charge in [0.05, 0.1) is 13.7 Å². The molecule has 0 aromatic heterocycles. The van der Waals surface area contributed by atoms with Gasteiger partial charge in [-0.15, -0.1) is 0 Å². The van der Waals surface area contributed by atoms with Gasteiger partial charge in [0.25, 0.3) is 0 Å². The molecule has 1 rings (SSSR count). The third kappa shape index (κ3) is 5.48. The van der Waals surface area contributed by atoms with Crippen molar-refractivity contribution < 1.29 is 24.5 Å². The molecule has 5 nitrogen and oxygen atoms in total. The van der Waals surface area contributed by atoms with Gasteiger partial charge in [0.1, 0.15) is 11.5 Å². The summed E-state index contributed by atoms with van der Waals surface area (Å²) >= 11 is 0. The summed E-state index contributed by atoms with van der Waals surface area (Å²) in [6.07, 6.45) is 3.08. The molecule has 0 atom stereocenters. The van der Waals surface area contributed by atoms with Gasteiger partial charge in [-0.1, -0.05) is 6.07 Å². The number of rotatable bonds is 9. The molecule has 0 radical (unpaired) electrons. The molecular formula is C15H22O5. The lowest BCUT2D eigenvalue weighted by molar-refractivity contribution is -0.140. The van der Waals surface area contributed by atoms with Crippen molar-refractivity contribution in [3.05, 3.63) is 23.8 Å². The number of ether oxygens (including phenoxy) is 2. The lowest BCUT2D eigenvalue weighted by Gasteiger charge is -2.12. The number of unbranched alkanes of at least 4 members (excludes halogenated alkanes) is 2. The van der Waals surface area contributed by atoms with Crippen molar-refractivity contribution >= 4 is 5.97 Å². The first-order valence-electron chi connectivity index (χ1n) is 6.80. The van der Waals surface area contributed by atoms with Crippen LogP contribution in [0.4, 0.5) is 0 Å². The van der Waals surface area contributed by atoms with E-state index in [-0.39, 0.29) is 24.7 Å². The molecule has 0 amide bonds. The summed E-state index contributed by atoms with van der Waals surface area (Å²) in [5.74, 6) is 0.404. The molecule has 0 fully saturated rings. The van der Waals surface area contributed by atoms with Crippen molar-refractivity contribution in [1.82, 2.24) is 0 Å². The van der Waals surface area contributed by atoms with Crippen LogP contribution in [0.15, 0.2) is 18.2 Å². The number of esters is 1.